The van der Waals surface area contributed by atoms with Crippen molar-refractivity contribution < 1.29 is 13.9 Å². The number of carbonyl (C=O) groups is 1. The van der Waals surface area contributed by atoms with Gasteiger partial charge in [-0.3, -0.25) is 9.13 Å². The van der Waals surface area contributed by atoms with E-state index in [1.54, 1.807) is 27.0 Å². The SMILES string of the molecule is CCOC(=O)N1CCC(n2c(=O)n(CC3CC3)c3cc(F)ccc32)CC1. The summed E-state index contributed by atoms with van der Waals surface area (Å²) in [6.07, 6.45) is 3.35. The van der Waals surface area contributed by atoms with E-state index < -0.39 is 0 Å². The number of piperidine rings is 1. The van der Waals surface area contributed by atoms with Crippen LogP contribution in [-0.2, 0) is 11.3 Å². The number of hydrogen-bond acceptors (Lipinski definition) is 3. The van der Waals surface area contributed by atoms with E-state index in [-0.39, 0.29) is 23.6 Å². The smallest absolute Gasteiger partial charge is 0.409 e. The molecule has 7 heteroatoms. The van der Waals surface area contributed by atoms with Crippen molar-refractivity contribution >= 4 is 17.1 Å². The molecule has 0 spiro atoms. The van der Waals surface area contributed by atoms with Crippen molar-refractivity contribution in [1.82, 2.24) is 14.0 Å². The van der Waals surface area contributed by atoms with Crippen molar-refractivity contribution in [2.75, 3.05) is 19.7 Å². The van der Waals surface area contributed by atoms with Gasteiger partial charge in [-0.25, -0.2) is 14.0 Å². The summed E-state index contributed by atoms with van der Waals surface area (Å²) in [6.45, 7) is 3.93. The molecule has 1 saturated heterocycles. The minimum atomic E-state index is -0.323. The molecule has 1 aromatic heterocycles. The second-order valence-corrected chi connectivity index (χ2v) is 7.26. The predicted molar refractivity (Wildman–Crippen MR) is 95.7 cm³/mol. The summed E-state index contributed by atoms with van der Waals surface area (Å²) in [5.41, 5.74) is 1.40. The van der Waals surface area contributed by atoms with Crippen molar-refractivity contribution in [2.24, 2.45) is 5.92 Å². The van der Waals surface area contributed by atoms with Gasteiger partial charge >= 0.3 is 11.8 Å². The molecule has 2 fully saturated rings. The molecule has 2 aromatic rings. The first-order valence-corrected chi connectivity index (χ1v) is 9.40. The topological polar surface area (TPSA) is 56.5 Å². The van der Waals surface area contributed by atoms with E-state index in [4.69, 9.17) is 4.74 Å². The Morgan fingerprint density at radius 2 is 1.92 bits per heavy atom. The predicted octanol–water partition coefficient (Wildman–Crippen LogP) is 3.15. The molecule has 140 valence electrons. The lowest BCUT2D eigenvalue weighted by Gasteiger charge is -2.31. The third-order valence-corrected chi connectivity index (χ3v) is 5.42. The van der Waals surface area contributed by atoms with E-state index in [0.717, 1.165) is 18.4 Å². The average Bonchev–Trinajstić information content (AvgIpc) is 3.41. The highest BCUT2D eigenvalue weighted by molar-refractivity contribution is 5.76. The Kier molecular flexibility index (Phi) is 4.46. The third kappa shape index (κ3) is 3.10. The van der Waals surface area contributed by atoms with Gasteiger partial charge in [-0.1, -0.05) is 0 Å². The molecule has 1 amide bonds. The van der Waals surface area contributed by atoms with Crippen LogP contribution >= 0.6 is 0 Å². The summed E-state index contributed by atoms with van der Waals surface area (Å²) in [6, 6.07) is 4.59. The van der Waals surface area contributed by atoms with Crippen molar-refractivity contribution in [3.8, 4) is 0 Å². The molecule has 0 atom stereocenters. The molecule has 0 N–H and O–H groups in total. The van der Waals surface area contributed by atoms with Gasteiger partial charge in [0.15, 0.2) is 0 Å². The highest BCUT2D eigenvalue weighted by Crippen LogP contribution is 2.32. The average molecular weight is 361 g/mol. The third-order valence-electron chi connectivity index (χ3n) is 5.42. The number of halogens is 1. The highest BCUT2D eigenvalue weighted by atomic mass is 19.1. The summed E-state index contributed by atoms with van der Waals surface area (Å²) in [5.74, 6) is 0.206. The number of aromatic nitrogens is 2. The van der Waals surface area contributed by atoms with E-state index in [2.05, 4.69) is 0 Å². The molecular weight excluding hydrogens is 337 g/mol. The summed E-state index contributed by atoms with van der Waals surface area (Å²) in [7, 11) is 0. The van der Waals surface area contributed by atoms with Gasteiger partial charge in [0.2, 0.25) is 0 Å². The zero-order chi connectivity index (χ0) is 18.3. The molecule has 4 rings (SSSR count). The van der Waals surface area contributed by atoms with Gasteiger partial charge in [-0.05, 0) is 56.7 Å². The molecule has 6 nitrogen and oxygen atoms in total. The fourth-order valence-corrected chi connectivity index (χ4v) is 3.86. The number of benzene rings is 1. The van der Waals surface area contributed by atoms with Gasteiger partial charge in [0.1, 0.15) is 5.82 Å². The van der Waals surface area contributed by atoms with Gasteiger partial charge in [0.05, 0.1) is 17.6 Å². The van der Waals surface area contributed by atoms with Gasteiger partial charge in [0, 0.05) is 25.7 Å². The van der Waals surface area contributed by atoms with Gasteiger partial charge in [-0.2, -0.15) is 0 Å². The molecule has 1 aliphatic carbocycles. The number of carbonyl (C=O) groups excluding carboxylic acids is 1. The Morgan fingerprint density at radius 3 is 2.58 bits per heavy atom. The van der Waals surface area contributed by atoms with Crippen molar-refractivity contribution in [3.63, 3.8) is 0 Å². The van der Waals surface area contributed by atoms with Crippen LogP contribution < -0.4 is 5.69 Å². The van der Waals surface area contributed by atoms with E-state index in [1.807, 2.05) is 0 Å². The van der Waals surface area contributed by atoms with E-state index in [0.29, 0.717) is 50.5 Å². The molecule has 1 saturated carbocycles. The second-order valence-electron chi connectivity index (χ2n) is 7.26. The summed E-state index contributed by atoms with van der Waals surface area (Å²) in [4.78, 5) is 26.6. The van der Waals surface area contributed by atoms with E-state index in [9.17, 15) is 14.0 Å². The van der Waals surface area contributed by atoms with Gasteiger partial charge < -0.3 is 9.64 Å². The van der Waals surface area contributed by atoms with Crippen LogP contribution in [0.5, 0.6) is 0 Å². The first-order valence-electron chi connectivity index (χ1n) is 9.40. The first kappa shape index (κ1) is 17.1. The van der Waals surface area contributed by atoms with Gasteiger partial charge in [0.25, 0.3) is 0 Å². The second kappa shape index (κ2) is 6.78. The fourth-order valence-electron chi connectivity index (χ4n) is 3.86. The van der Waals surface area contributed by atoms with Crippen LogP contribution in [-0.4, -0.2) is 39.8 Å². The largest absolute Gasteiger partial charge is 0.450 e. The van der Waals surface area contributed by atoms with Gasteiger partial charge in [-0.15, -0.1) is 0 Å². The zero-order valence-electron chi connectivity index (χ0n) is 15.0. The maximum absolute atomic E-state index is 13.8. The highest BCUT2D eigenvalue weighted by Gasteiger charge is 2.29. The number of fused-ring (bicyclic) bond motifs is 1. The molecule has 0 bridgehead atoms. The number of nitrogens with zero attached hydrogens (tertiary/aromatic N) is 3. The molecule has 2 aliphatic rings. The lowest BCUT2D eigenvalue weighted by molar-refractivity contribution is 0.0927. The Morgan fingerprint density at radius 1 is 1.19 bits per heavy atom. The van der Waals surface area contributed by atoms with Crippen LogP contribution in [0.3, 0.4) is 0 Å². The normalized spacial score (nSPS) is 18.5. The Hall–Kier alpha value is -2.31. The van der Waals surface area contributed by atoms with E-state index in [1.165, 1.54) is 12.1 Å². The number of ether oxygens (including phenoxy) is 1. The molecule has 0 unspecified atom stereocenters. The standard InChI is InChI=1S/C19H24FN3O3/c1-2-26-19(25)21-9-7-15(8-10-21)23-16-6-5-14(20)11-17(16)22(18(23)24)12-13-3-4-13/h5-6,11,13,15H,2-4,7-10,12H2,1H3. The molecule has 2 heterocycles. The maximum atomic E-state index is 13.8. The summed E-state index contributed by atoms with van der Waals surface area (Å²) >= 11 is 0. The molecule has 1 aromatic carbocycles. The zero-order valence-corrected chi connectivity index (χ0v) is 15.0. The lowest BCUT2D eigenvalue weighted by Crippen LogP contribution is -2.41. The van der Waals surface area contributed by atoms with Crippen LogP contribution in [0, 0.1) is 11.7 Å². The number of hydrogen-bond donors (Lipinski definition) is 0. The van der Waals surface area contributed by atoms with E-state index >= 15 is 0 Å². The van der Waals surface area contributed by atoms with Crippen molar-refractivity contribution in [3.05, 3.63) is 34.5 Å². The van der Waals surface area contributed by atoms with Crippen LogP contribution in [0.4, 0.5) is 9.18 Å². The molecule has 1 aliphatic heterocycles. The van der Waals surface area contributed by atoms with Crippen LogP contribution in [0.15, 0.2) is 23.0 Å². The number of imidazole rings is 1. The molecule has 0 radical (unpaired) electrons. The Labute approximate surface area is 151 Å². The quantitative estimate of drug-likeness (QED) is 0.841. The van der Waals surface area contributed by atoms with Crippen LogP contribution in [0.1, 0.15) is 38.6 Å². The Bertz CT molecular complexity index is 876. The Balaban J connectivity index is 1.63. The maximum Gasteiger partial charge on any atom is 0.409 e. The minimum absolute atomic E-state index is 0.0154. The first-order chi connectivity index (χ1) is 12.6. The van der Waals surface area contributed by atoms with Crippen LogP contribution in [0.2, 0.25) is 0 Å². The number of amides is 1. The fraction of sp³-hybridized carbons (Fsp3) is 0.579. The molecular formula is C19H24FN3O3. The summed E-state index contributed by atoms with van der Waals surface area (Å²) in [5, 5.41) is 0. The monoisotopic (exact) mass is 361 g/mol. The van der Waals surface area contributed by atoms with Crippen LogP contribution in [0.25, 0.3) is 11.0 Å². The van der Waals surface area contributed by atoms with Crippen molar-refractivity contribution in [2.45, 2.75) is 45.2 Å². The lowest BCUT2D eigenvalue weighted by atomic mass is 10.0. The minimum Gasteiger partial charge on any atom is -0.450 e. The number of likely N-dealkylation sites (tertiary alicyclic amines) is 1. The summed E-state index contributed by atoms with van der Waals surface area (Å²) < 4.78 is 22.4. The molecule has 26 heavy (non-hydrogen) atoms. The van der Waals surface area contributed by atoms with Crippen molar-refractivity contribution in [1.29, 1.82) is 0 Å². The number of rotatable bonds is 4.